The van der Waals surface area contributed by atoms with E-state index in [2.05, 4.69) is 36.5 Å². The van der Waals surface area contributed by atoms with E-state index in [9.17, 15) is 0 Å². The molecule has 19 heavy (non-hydrogen) atoms. The molecule has 0 aliphatic heterocycles. The maximum absolute atomic E-state index is 5.38. The highest BCUT2D eigenvalue weighted by molar-refractivity contribution is 9.10. The number of anilines is 2. The SMILES string of the molecule is CCNc1ncc(Br)c(NCCCOCCOC)n1. The number of methoxy groups -OCH3 is 1. The lowest BCUT2D eigenvalue weighted by Gasteiger charge is -2.09. The number of nitrogens with zero attached hydrogens (tertiary/aromatic N) is 2. The minimum atomic E-state index is 0.629. The zero-order valence-corrected chi connectivity index (χ0v) is 13.0. The quantitative estimate of drug-likeness (QED) is 0.640. The number of aromatic nitrogens is 2. The van der Waals surface area contributed by atoms with Crippen molar-refractivity contribution >= 4 is 27.7 Å². The molecule has 1 rings (SSSR count). The summed E-state index contributed by atoms with van der Waals surface area (Å²) >= 11 is 3.42. The van der Waals surface area contributed by atoms with Crippen molar-refractivity contribution < 1.29 is 9.47 Å². The monoisotopic (exact) mass is 332 g/mol. The standard InChI is InChI=1S/C12H21BrN4O2/c1-3-14-12-16-9-10(13)11(17-12)15-5-4-6-19-8-7-18-2/h9H,3-8H2,1-2H3,(H2,14,15,16,17). The van der Waals surface area contributed by atoms with Gasteiger partial charge in [0.25, 0.3) is 0 Å². The van der Waals surface area contributed by atoms with Crippen LogP contribution in [0.5, 0.6) is 0 Å². The van der Waals surface area contributed by atoms with Gasteiger partial charge in [-0.05, 0) is 29.3 Å². The fourth-order valence-electron chi connectivity index (χ4n) is 1.36. The Kier molecular flexibility index (Phi) is 8.44. The molecule has 7 heteroatoms. The van der Waals surface area contributed by atoms with Crippen LogP contribution < -0.4 is 10.6 Å². The minimum absolute atomic E-state index is 0.629. The topological polar surface area (TPSA) is 68.3 Å². The van der Waals surface area contributed by atoms with Gasteiger partial charge >= 0.3 is 0 Å². The van der Waals surface area contributed by atoms with Gasteiger partial charge in [0.15, 0.2) is 0 Å². The van der Waals surface area contributed by atoms with Crippen molar-refractivity contribution in [2.45, 2.75) is 13.3 Å². The van der Waals surface area contributed by atoms with E-state index in [-0.39, 0.29) is 0 Å². The summed E-state index contributed by atoms with van der Waals surface area (Å²) in [5.74, 6) is 1.42. The lowest BCUT2D eigenvalue weighted by molar-refractivity contribution is 0.0705. The fourth-order valence-corrected chi connectivity index (χ4v) is 1.69. The molecule has 0 saturated carbocycles. The first-order chi connectivity index (χ1) is 9.27. The smallest absolute Gasteiger partial charge is 0.224 e. The van der Waals surface area contributed by atoms with Gasteiger partial charge in [-0.25, -0.2) is 4.98 Å². The average molecular weight is 333 g/mol. The molecule has 6 nitrogen and oxygen atoms in total. The van der Waals surface area contributed by atoms with Crippen LogP contribution in [0.4, 0.5) is 11.8 Å². The molecule has 0 radical (unpaired) electrons. The Morgan fingerprint density at radius 3 is 2.84 bits per heavy atom. The lowest BCUT2D eigenvalue weighted by atomic mass is 10.4. The molecule has 1 heterocycles. The van der Waals surface area contributed by atoms with Crippen molar-refractivity contribution in [3.63, 3.8) is 0 Å². The Bertz CT molecular complexity index is 366. The molecule has 0 atom stereocenters. The Balaban J connectivity index is 2.26. The van der Waals surface area contributed by atoms with Crippen LogP contribution in [0.3, 0.4) is 0 Å². The number of rotatable bonds is 10. The Morgan fingerprint density at radius 2 is 2.11 bits per heavy atom. The largest absolute Gasteiger partial charge is 0.382 e. The minimum Gasteiger partial charge on any atom is -0.382 e. The molecule has 1 aromatic heterocycles. The van der Waals surface area contributed by atoms with E-state index in [1.54, 1.807) is 13.3 Å². The number of nitrogens with one attached hydrogen (secondary N) is 2. The van der Waals surface area contributed by atoms with E-state index < -0.39 is 0 Å². The molecule has 0 fully saturated rings. The third-order valence-electron chi connectivity index (χ3n) is 2.27. The summed E-state index contributed by atoms with van der Waals surface area (Å²) in [4.78, 5) is 8.53. The highest BCUT2D eigenvalue weighted by Gasteiger charge is 2.03. The van der Waals surface area contributed by atoms with Crippen molar-refractivity contribution in [3.05, 3.63) is 10.7 Å². The predicted molar refractivity (Wildman–Crippen MR) is 79.7 cm³/mol. The van der Waals surface area contributed by atoms with Crippen LogP contribution >= 0.6 is 15.9 Å². The van der Waals surface area contributed by atoms with Crippen LogP contribution in [0.25, 0.3) is 0 Å². The van der Waals surface area contributed by atoms with Crippen molar-refractivity contribution in [1.82, 2.24) is 9.97 Å². The maximum atomic E-state index is 5.38. The zero-order chi connectivity index (χ0) is 13.9. The van der Waals surface area contributed by atoms with Crippen molar-refractivity contribution in [2.75, 3.05) is 50.7 Å². The molecule has 0 aliphatic rings. The van der Waals surface area contributed by atoms with Gasteiger partial charge in [0.2, 0.25) is 5.95 Å². The van der Waals surface area contributed by atoms with Crippen molar-refractivity contribution in [3.8, 4) is 0 Å². The lowest BCUT2D eigenvalue weighted by Crippen LogP contribution is -2.11. The van der Waals surface area contributed by atoms with Crippen LogP contribution in [0.15, 0.2) is 10.7 Å². The molecule has 0 spiro atoms. The van der Waals surface area contributed by atoms with E-state index in [1.165, 1.54) is 0 Å². The average Bonchev–Trinajstić information content (AvgIpc) is 2.41. The number of halogens is 1. The van der Waals surface area contributed by atoms with E-state index in [4.69, 9.17) is 9.47 Å². The van der Waals surface area contributed by atoms with Gasteiger partial charge < -0.3 is 20.1 Å². The third kappa shape index (κ3) is 6.70. The van der Waals surface area contributed by atoms with Gasteiger partial charge in [-0.1, -0.05) is 0 Å². The van der Waals surface area contributed by atoms with Gasteiger partial charge in [-0.2, -0.15) is 4.98 Å². The summed E-state index contributed by atoms with van der Waals surface area (Å²) in [6, 6.07) is 0. The molecule has 2 N–H and O–H groups in total. The van der Waals surface area contributed by atoms with Gasteiger partial charge in [-0.3, -0.25) is 0 Å². The van der Waals surface area contributed by atoms with Gasteiger partial charge in [-0.15, -0.1) is 0 Å². The van der Waals surface area contributed by atoms with Gasteiger partial charge in [0.05, 0.1) is 17.7 Å². The van der Waals surface area contributed by atoms with Crippen LogP contribution in [-0.2, 0) is 9.47 Å². The molecule has 0 unspecified atom stereocenters. The second kappa shape index (κ2) is 9.94. The first kappa shape index (κ1) is 16.1. The summed E-state index contributed by atoms with van der Waals surface area (Å²) in [5, 5.41) is 6.33. The molecule has 1 aromatic rings. The summed E-state index contributed by atoms with van der Waals surface area (Å²) in [5.41, 5.74) is 0. The molecule has 0 aliphatic carbocycles. The van der Waals surface area contributed by atoms with Gasteiger partial charge in [0, 0.05) is 33.0 Å². The summed E-state index contributed by atoms with van der Waals surface area (Å²) in [7, 11) is 1.67. The van der Waals surface area contributed by atoms with Crippen molar-refractivity contribution in [1.29, 1.82) is 0 Å². The molecule has 0 aromatic carbocycles. The van der Waals surface area contributed by atoms with E-state index in [1.807, 2.05) is 6.92 Å². The zero-order valence-electron chi connectivity index (χ0n) is 11.4. The Morgan fingerprint density at radius 1 is 1.26 bits per heavy atom. The van der Waals surface area contributed by atoms with Crippen LogP contribution in [-0.4, -0.2) is 50.0 Å². The molecule has 0 saturated heterocycles. The van der Waals surface area contributed by atoms with Crippen LogP contribution in [0.2, 0.25) is 0 Å². The normalized spacial score (nSPS) is 10.5. The number of hydrogen-bond acceptors (Lipinski definition) is 6. The summed E-state index contributed by atoms with van der Waals surface area (Å²) in [6.45, 7) is 5.59. The van der Waals surface area contributed by atoms with E-state index in [0.29, 0.717) is 25.8 Å². The summed E-state index contributed by atoms with van der Waals surface area (Å²) in [6.07, 6.45) is 2.65. The van der Waals surface area contributed by atoms with E-state index >= 15 is 0 Å². The molecule has 0 bridgehead atoms. The summed E-state index contributed by atoms with van der Waals surface area (Å²) < 4.78 is 11.1. The second-order valence-electron chi connectivity index (χ2n) is 3.81. The molecular formula is C12H21BrN4O2. The van der Waals surface area contributed by atoms with Crippen LogP contribution in [0.1, 0.15) is 13.3 Å². The van der Waals surface area contributed by atoms with Crippen molar-refractivity contribution in [2.24, 2.45) is 0 Å². The Hall–Kier alpha value is -0.920. The molecular weight excluding hydrogens is 312 g/mol. The Labute approximate surface area is 122 Å². The highest BCUT2D eigenvalue weighted by Crippen LogP contribution is 2.19. The first-order valence-electron chi connectivity index (χ1n) is 6.35. The number of hydrogen-bond donors (Lipinski definition) is 2. The highest BCUT2D eigenvalue weighted by atomic mass is 79.9. The molecule has 0 amide bonds. The van der Waals surface area contributed by atoms with E-state index in [0.717, 1.165) is 29.8 Å². The maximum Gasteiger partial charge on any atom is 0.224 e. The molecule has 108 valence electrons. The third-order valence-corrected chi connectivity index (χ3v) is 2.85. The fraction of sp³-hybridized carbons (Fsp3) is 0.667. The first-order valence-corrected chi connectivity index (χ1v) is 7.14. The predicted octanol–water partition coefficient (Wildman–Crippen LogP) is 2.14. The second-order valence-corrected chi connectivity index (χ2v) is 4.66. The van der Waals surface area contributed by atoms with Gasteiger partial charge in [0.1, 0.15) is 5.82 Å². The number of ether oxygens (including phenoxy) is 2. The van der Waals surface area contributed by atoms with Crippen LogP contribution in [0, 0.1) is 0 Å².